The minimum Gasteiger partial charge on any atom is -0.756 e. The lowest BCUT2D eigenvalue weighted by molar-refractivity contribution is -0.870. The van der Waals surface area contributed by atoms with Gasteiger partial charge in [0.25, 0.3) is 7.82 Å². The maximum Gasteiger partial charge on any atom is 0.306 e. The predicted octanol–water partition coefficient (Wildman–Crippen LogP) is 19.3. The van der Waals surface area contributed by atoms with Crippen molar-refractivity contribution in [1.82, 2.24) is 5.32 Å². The van der Waals surface area contributed by atoms with Crippen LogP contribution in [0.4, 0.5) is 0 Å². The van der Waals surface area contributed by atoms with E-state index in [1.165, 1.54) is 103 Å². The zero-order valence-corrected chi connectivity index (χ0v) is 52.2. The van der Waals surface area contributed by atoms with Gasteiger partial charge >= 0.3 is 5.97 Å². The summed E-state index contributed by atoms with van der Waals surface area (Å²) in [5.41, 5.74) is 0. The molecule has 3 atom stereocenters. The fraction of sp³-hybridized carbons (Fsp3) is 0.735. The van der Waals surface area contributed by atoms with Crippen molar-refractivity contribution in [2.24, 2.45) is 0 Å². The summed E-state index contributed by atoms with van der Waals surface area (Å²) < 4.78 is 30.3. The molecule has 9 nitrogen and oxygen atoms in total. The van der Waals surface area contributed by atoms with Crippen molar-refractivity contribution in [2.75, 3.05) is 40.9 Å². The Morgan fingerprint density at radius 2 is 0.821 bits per heavy atom. The summed E-state index contributed by atoms with van der Waals surface area (Å²) in [5, 5.41) is 3.02. The maximum absolute atomic E-state index is 13.5. The Morgan fingerprint density at radius 1 is 0.462 bits per heavy atom. The number of nitrogens with zero attached hydrogens (tertiary/aromatic N) is 1. The fourth-order valence-corrected chi connectivity index (χ4v) is 9.54. The third kappa shape index (κ3) is 57.6. The molecule has 1 amide bonds. The number of amides is 1. The van der Waals surface area contributed by atoms with Crippen LogP contribution in [0.2, 0.25) is 0 Å². The van der Waals surface area contributed by atoms with E-state index >= 15 is 0 Å². The van der Waals surface area contributed by atoms with Crippen molar-refractivity contribution in [2.45, 2.75) is 283 Å². The van der Waals surface area contributed by atoms with E-state index in [-0.39, 0.29) is 24.9 Å². The van der Waals surface area contributed by atoms with Crippen LogP contribution in [-0.4, -0.2) is 69.4 Å². The molecule has 0 saturated heterocycles. The molecule has 0 rings (SSSR count). The van der Waals surface area contributed by atoms with E-state index in [0.29, 0.717) is 23.9 Å². The summed E-state index contributed by atoms with van der Waals surface area (Å²) in [6, 6.07) is -0.906. The second-order valence-corrected chi connectivity index (χ2v) is 23.9. The Hall–Kier alpha value is -3.07. The predicted molar refractivity (Wildman–Crippen MR) is 334 cm³/mol. The van der Waals surface area contributed by atoms with Gasteiger partial charge in [0.1, 0.15) is 19.3 Å². The summed E-state index contributed by atoms with van der Waals surface area (Å²) in [7, 11) is 1.16. The summed E-state index contributed by atoms with van der Waals surface area (Å²) in [4.78, 5) is 40.0. The van der Waals surface area contributed by atoms with Gasteiger partial charge in [0.15, 0.2) is 0 Å². The Morgan fingerprint density at radius 3 is 1.26 bits per heavy atom. The summed E-state index contributed by atoms with van der Waals surface area (Å²) in [5.74, 6) is -0.570. The molecule has 0 aliphatic heterocycles. The van der Waals surface area contributed by atoms with Crippen LogP contribution >= 0.6 is 7.82 Å². The fourth-order valence-electron chi connectivity index (χ4n) is 8.81. The molecule has 10 heteroatoms. The van der Waals surface area contributed by atoms with E-state index in [4.69, 9.17) is 13.8 Å². The lowest BCUT2D eigenvalue weighted by atomic mass is 10.0. The first kappa shape index (κ1) is 74.9. The summed E-state index contributed by atoms with van der Waals surface area (Å²) >= 11 is 0. The van der Waals surface area contributed by atoms with Crippen molar-refractivity contribution in [3.05, 3.63) is 97.2 Å². The standard InChI is InChI=1S/C68H121N2O7P/c1-7-10-13-16-19-22-25-28-30-32-33-34-35-36-37-38-40-43-46-49-52-55-58-61-68(72)77-66(59-56-53-50-47-44-41-27-24-21-18-15-12-9-3)65(64-76-78(73,74)75-63-62-70(4,5)6)69-67(71)60-57-54-51-48-45-42-39-31-29-26-23-20-17-14-11-8-2/h11,14,19-20,22-23,28-31,33-34,36-37,56,59,65-66H,7-10,12-13,15-18,21,24-27,32,35,38-55,57-58,60-64H2,1-6H3,(H-,69,71,73,74)/b14-11+,22-19-,23-20+,30-28-,31-29+,34-33-,37-36-,59-56-. The van der Waals surface area contributed by atoms with Crippen LogP contribution in [-0.2, 0) is 27.9 Å². The number of quaternary nitrogens is 1. The summed E-state index contributed by atoms with van der Waals surface area (Å²) in [6.45, 7) is 6.69. The molecule has 0 saturated carbocycles. The lowest BCUT2D eigenvalue weighted by Crippen LogP contribution is -2.47. The highest BCUT2D eigenvalue weighted by Crippen LogP contribution is 2.38. The second-order valence-electron chi connectivity index (χ2n) is 22.5. The first-order valence-corrected chi connectivity index (χ1v) is 33.5. The number of rotatable bonds is 57. The highest BCUT2D eigenvalue weighted by molar-refractivity contribution is 7.45. The highest BCUT2D eigenvalue weighted by Gasteiger charge is 2.27. The average Bonchev–Trinajstić information content (AvgIpc) is 3.40. The van der Waals surface area contributed by atoms with Gasteiger partial charge in [0, 0.05) is 12.8 Å². The molecule has 0 aromatic carbocycles. The van der Waals surface area contributed by atoms with E-state index in [1.54, 1.807) is 0 Å². The topological polar surface area (TPSA) is 114 Å². The molecule has 0 aromatic rings. The van der Waals surface area contributed by atoms with Crippen molar-refractivity contribution in [1.29, 1.82) is 0 Å². The molecule has 450 valence electrons. The van der Waals surface area contributed by atoms with Crippen molar-refractivity contribution in [3.8, 4) is 0 Å². The van der Waals surface area contributed by atoms with Crippen LogP contribution < -0.4 is 10.2 Å². The summed E-state index contributed by atoms with van der Waals surface area (Å²) in [6.07, 6.45) is 76.5. The van der Waals surface area contributed by atoms with Gasteiger partial charge in [-0.25, -0.2) is 0 Å². The van der Waals surface area contributed by atoms with E-state index < -0.39 is 26.6 Å². The molecule has 0 heterocycles. The van der Waals surface area contributed by atoms with Crippen LogP contribution in [0.1, 0.15) is 271 Å². The van der Waals surface area contributed by atoms with Gasteiger partial charge in [-0.3, -0.25) is 14.2 Å². The minimum atomic E-state index is -4.71. The molecular formula is C68H121N2O7P. The maximum atomic E-state index is 13.5. The number of hydrogen-bond acceptors (Lipinski definition) is 7. The van der Waals surface area contributed by atoms with E-state index in [0.717, 1.165) is 128 Å². The Balaban J connectivity index is 5.27. The molecule has 1 N–H and O–H groups in total. The van der Waals surface area contributed by atoms with Crippen LogP contribution in [0.15, 0.2) is 97.2 Å². The van der Waals surface area contributed by atoms with Gasteiger partial charge in [0.2, 0.25) is 5.91 Å². The van der Waals surface area contributed by atoms with Gasteiger partial charge in [-0.05, 0) is 109 Å². The largest absolute Gasteiger partial charge is 0.756 e. The highest BCUT2D eigenvalue weighted by atomic mass is 31.2. The van der Waals surface area contributed by atoms with Gasteiger partial charge in [-0.2, -0.15) is 0 Å². The SMILES string of the molecule is CC/C=C/C/C=C/C/C=C/CCCCCCCCC(=O)NC(COP(=O)([O-])OCC[N+](C)(C)C)C(/C=C\CCCCCCCCCCCCC)OC(=O)CCCCCCCCC/C=C\C/C=C\C/C=C\C/C=C\CCCCC. The lowest BCUT2D eigenvalue weighted by Gasteiger charge is -2.30. The third-order valence-electron chi connectivity index (χ3n) is 13.7. The zero-order chi connectivity index (χ0) is 57.2. The zero-order valence-electron chi connectivity index (χ0n) is 51.3. The molecule has 0 aliphatic rings. The van der Waals surface area contributed by atoms with Gasteiger partial charge in [-0.15, -0.1) is 0 Å². The number of carbonyl (C=O) groups excluding carboxylic acids is 2. The number of hydrogen-bond donors (Lipinski definition) is 1. The molecule has 3 unspecified atom stereocenters. The Bertz CT molecular complexity index is 1660. The quantitative estimate of drug-likeness (QED) is 0.0212. The smallest absolute Gasteiger partial charge is 0.306 e. The normalized spacial score (nSPS) is 14.3. The third-order valence-corrected chi connectivity index (χ3v) is 14.7. The van der Waals surface area contributed by atoms with Gasteiger partial charge < -0.3 is 28.5 Å². The number of phosphoric acid groups is 1. The molecule has 0 bridgehead atoms. The van der Waals surface area contributed by atoms with E-state index in [2.05, 4.69) is 111 Å². The number of carbonyl (C=O) groups is 2. The number of nitrogens with one attached hydrogen (secondary N) is 1. The van der Waals surface area contributed by atoms with Crippen LogP contribution in [0.5, 0.6) is 0 Å². The van der Waals surface area contributed by atoms with Crippen LogP contribution in [0.25, 0.3) is 0 Å². The number of esters is 1. The van der Waals surface area contributed by atoms with Crippen molar-refractivity contribution >= 4 is 19.7 Å². The number of unbranched alkanes of at least 4 members (excludes halogenated alkanes) is 27. The number of likely N-dealkylation sites (N-methyl/N-ethyl adjacent to an activating group) is 1. The molecule has 0 aromatic heterocycles. The first-order chi connectivity index (χ1) is 37.9. The first-order valence-electron chi connectivity index (χ1n) is 32.0. The van der Waals surface area contributed by atoms with Crippen molar-refractivity contribution in [3.63, 3.8) is 0 Å². The molecule has 0 radical (unpaired) electrons. The van der Waals surface area contributed by atoms with E-state index in [9.17, 15) is 19.0 Å². The monoisotopic (exact) mass is 1110 g/mol. The molecule has 0 spiro atoms. The molecule has 78 heavy (non-hydrogen) atoms. The second kappa shape index (κ2) is 57.2. The van der Waals surface area contributed by atoms with E-state index in [1.807, 2.05) is 33.3 Å². The Kier molecular flexibility index (Phi) is 54.9. The molecular weight excluding hydrogens is 988 g/mol. The van der Waals surface area contributed by atoms with Gasteiger partial charge in [-0.1, -0.05) is 247 Å². The molecule has 0 fully saturated rings. The Labute approximate surface area is 481 Å². The number of ether oxygens (including phenoxy) is 1. The number of allylic oxidation sites excluding steroid dienone is 15. The average molecular weight is 1110 g/mol. The van der Waals surface area contributed by atoms with Crippen LogP contribution in [0.3, 0.4) is 0 Å². The van der Waals surface area contributed by atoms with Gasteiger partial charge in [0.05, 0.1) is 33.8 Å². The van der Waals surface area contributed by atoms with Crippen molar-refractivity contribution < 1.29 is 37.3 Å². The molecule has 0 aliphatic carbocycles. The van der Waals surface area contributed by atoms with Crippen LogP contribution in [0, 0.1) is 0 Å². The minimum absolute atomic E-state index is 0.0313. The number of phosphoric ester groups is 1.